The van der Waals surface area contributed by atoms with Gasteiger partial charge in [0.05, 0.1) is 5.56 Å². The number of rotatable bonds is 5. The van der Waals surface area contributed by atoms with E-state index in [-0.39, 0.29) is 6.61 Å². The molecule has 120 valence electrons. The second kappa shape index (κ2) is 7.00. The van der Waals surface area contributed by atoms with E-state index in [0.29, 0.717) is 16.9 Å². The third kappa shape index (κ3) is 5.18. The summed E-state index contributed by atoms with van der Waals surface area (Å²) in [6.45, 7) is 0.141. The first-order valence-electron chi connectivity index (χ1n) is 6.64. The Labute approximate surface area is 130 Å². The topological polar surface area (TPSA) is 46.5 Å². The van der Waals surface area contributed by atoms with Gasteiger partial charge in [0.1, 0.15) is 12.4 Å². The largest absolute Gasteiger partial charge is 0.489 e. The van der Waals surface area contributed by atoms with Gasteiger partial charge in [0.25, 0.3) is 0 Å². The molecule has 6 heteroatoms. The summed E-state index contributed by atoms with van der Waals surface area (Å²) in [6.07, 6.45) is -1.88. The number of hydrogen-bond donors (Lipinski definition) is 1. The van der Waals surface area contributed by atoms with Crippen LogP contribution in [-0.2, 0) is 17.6 Å². The summed E-state index contributed by atoms with van der Waals surface area (Å²) in [5.41, 5.74) is 0.623. The van der Waals surface area contributed by atoms with Crippen molar-refractivity contribution < 1.29 is 27.8 Å². The molecule has 0 saturated heterocycles. The van der Waals surface area contributed by atoms with Crippen LogP contribution in [0.15, 0.2) is 54.6 Å². The highest BCUT2D eigenvalue weighted by molar-refractivity contribution is 5.85. The van der Waals surface area contributed by atoms with Crippen molar-refractivity contribution in [3.8, 4) is 5.75 Å². The number of carboxylic acid groups (broad SMARTS) is 1. The molecule has 0 unspecified atom stereocenters. The van der Waals surface area contributed by atoms with E-state index < -0.39 is 17.7 Å². The summed E-state index contributed by atoms with van der Waals surface area (Å²) in [6, 6.07) is 11.4. The Morgan fingerprint density at radius 1 is 1.04 bits per heavy atom. The van der Waals surface area contributed by atoms with Gasteiger partial charge in [-0.1, -0.05) is 24.3 Å². The lowest BCUT2D eigenvalue weighted by Gasteiger charge is -2.09. The molecule has 2 aromatic rings. The molecule has 0 aliphatic heterocycles. The molecule has 3 nitrogen and oxygen atoms in total. The number of hydrogen-bond acceptors (Lipinski definition) is 2. The number of carboxylic acids is 1. The molecule has 23 heavy (non-hydrogen) atoms. The fraction of sp³-hybridized carbons (Fsp3) is 0.118. The molecule has 1 N–H and O–H groups in total. The normalized spacial score (nSPS) is 11.6. The quantitative estimate of drug-likeness (QED) is 0.831. The predicted octanol–water partition coefficient (Wildman–Crippen LogP) is 4.38. The van der Waals surface area contributed by atoms with E-state index in [2.05, 4.69) is 0 Å². The minimum absolute atomic E-state index is 0.141. The molecule has 0 bridgehead atoms. The van der Waals surface area contributed by atoms with Gasteiger partial charge in [-0.2, -0.15) is 13.2 Å². The van der Waals surface area contributed by atoms with Crippen molar-refractivity contribution in [2.75, 3.05) is 0 Å². The zero-order valence-corrected chi connectivity index (χ0v) is 11.9. The molecule has 0 radical (unpaired) electrons. The van der Waals surface area contributed by atoms with E-state index in [1.165, 1.54) is 18.2 Å². The molecule has 0 aliphatic carbocycles. The molecule has 2 aromatic carbocycles. The van der Waals surface area contributed by atoms with Crippen molar-refractivity contribution in [3.63, 3.8) is 0 Å². The number of halogens is 3. The number of ether oxygens (including phenoxy) is 1. The molecule has 0 heterocycles. The predicted molar refractivity (Wildman–Crippen MR) is 78.9 cm³/mol. The van der Waals surface area contributed by atoms with Crippen LogP contribution < -0.4 is 4.74 Å². The molecule has 0 amide bonds. The van der Waals surface area contributed by atoms with Gasteiger partial charge in [-0.15, -0.1) is 0 Å². The molecular formula is C17H13F3O3. The van der Waals surface area contributed by atoms with Gasteiger partial charge < -0.3 is 9.84 Å². The fourth-order valence-corrected chi connectivity index (χ4v) is 1.80. The summed E-state index contributed by atoms with van der Waals surface area (Å²) in [7, 11) is 0. The summed E-state index contributed by atoms with van der Waals surface area (Å²) < 4.78 is 42.8. The maximum Gasteiger partial charge on any atom is 0.416 e. The maximum absolute atomic E-state index is 12.4. The number of carbonyl (C=O) groups is 1. The average Bonchev–Trinajstić information content (AvgIpc) is 2.51. The molecule has 0 fully saturated rings. The van der Waals surface area contributed by atoms with Gasteiger partial charge in [0.15, 0.2) is 0 Å². The first kappa shape index (κ1) is 16.6. The van der Waals surface area contributed by atoms with E-state index in [9.17, 15) is 18.0 Å². The molecular weight excluding hydrogens is 309 g/mol. The van der Waals surface area contributed by atoms with Gasteiger partial charge in [-0.25, -0.2) is 4.79 Å². The van der Waals surface area contributed by atoms with Crippen molar-refractivity contribution in [2.45, 2.75) is 12.8 Å². The van der Waals surface area contributed by atoms with Crippen LogP contribution in [0.1, 0.15) is 16.7 Å². The van der Waals surface area contributed by atoms with Crippen molar-refractivity contribution in [1.82, 2.24) is 0 Å². The van der Waals surface area contributed by atoms with Crippen molar-refractivity contribution in [3.05, 3.63) is 71.3 Å². The maximum atomic E-state index is 12.4. The van der Waals surface area contributed by atoms with E-state index in [4.69, 9.17) is 9.84 Å². The monoisotopic (exact) mass is 322 g/mol. The van der Waals surface area contributed by atoms with E-state index >= 15 is 0 Å². The first-order valence-corrected chi connectivity index (χ1v) is 6.64. The smallest absolute Gasteiger partial charge is 0.416 e. The lowest BCUT2D eigenvalue weighted by atomic mass is 10.1. The third-order valence-corrected chi connectivity index (χ3v) is 2.99. The summed E-state index contributed by atoms with van der Waals surface area (Å²) in [4.78, 5) is 10.4. The van der Waals surface area contributed by atoms with Crippen LogP contribution in [0, 0.1) is 0 Å². The van der Waals surface area contributed by atoms with Crippen molar-refractivity contribution in [2.24, 2.45) is 0 Å². The van der Waals surface area contributed by atoms with Crippen LogP contribution in [0.5, 0.6) is 5.75 Å². The Kier molecular flexibility index (Phi) is 5.05. The van der Waals surface area contributed by atoms with Gasteiger partial charge in [0, 0.05) is 6.08 Å². The Bertz CT molecular complexity index is 687. The third-order valence-electron chi connectivity index (χ3n) is 2.99. The van der Waals surface area contributed by atoms with Crippen LogP contribution in [0.2, 0.25) is 0 Å². The fourth-order valence-electron chi connectivity index (χ4n) is 1.80. The van der Waals surface area contributed by atoms with Gasteiger partial charge >= 0.3 is 12.1 Å². The highest BCUT2D eigenvalue weighted by Crippen LogP contribution is 2.29. The minimum Gasteiger partial charge on any atom is -0.489 e. The molecule has 2 rings (SSSR count). The molecule has 0 aromatic heterocycles. The first-order chi connectivity index (χ1) is 10.8. The summed E-state index contributed by atoms with van der Waals surface area (Å²) in [5, 5.41) is 8.53. The Morgan fingerprint density at radius 2 is 1.65 bits per heavy atom. The summed E-state index contributed by atoms with van der Waals surface area (Å²) in [5.74, 6) is -0.495. The van der Waals surface area contributed by atoms with Gasteiger partial charge in [-0.05, 0) is 41.5 Å². The standard InChI is InChI=1S/C17H13F3O3/c18-17(19,20)14-6-1-13(2-7-14)11-23-15-8-3-12(4-9-15)5-10-16(21)22/h1-10H,11H2,(H,21,22). The van der Waals surface area contributed by atoms with Crippen LogP contribution in [0.4, 0.5) is 13.2 Å². The van der Waals surface area contributed by atoms with Crippen LogP contribution in [0.25, 0.3) is 6.08 Å². The highest BCUT2D eigenvalue weighted by atomic mass is 19.4. The number of benzene rings is 2. The zero-order valence-electron chi connectivity index (χ0n) is 11.9. The second-order valence-electron chi connectivity index (χ2n) is 4.72. The van der Waals surface area contributed by atoms with Gasteiger partial charge in [-0.3, -0.25) is 0 Å². The van der Waals surface area contributed by atoms with Gasteiger partial charge in [0.2, 0.25) is 0 Å². The Morgan fingerprint density at radius 3 is 2.17 bits per heavy atom. The number of alkyl halides is 3. The lowest BCUT2D eigenvalue weighted by Crippen LogP contribution is -2.05. The van der Waals surface area contributed by atoms with E-state index in [1.807, 2.05) is 0 Å². The molecule has 0 atom stereocenters. The van der Waals surface area contributed by atoms with E-state index in [1.54, 1.807) is 24.3 Å². The number of aliphatic carboxylic acids is 1. The zero-order chi connectivity index (χ0) is 16.9. The molecule has 0 aliphatic rings. The van der Waals surface area contributed by atoms with Crippen LogP contribution in [-0.4, -0.2) is 11.1 Å². The van der Waals surface area contributed by atoms with Crippen LogP contribution >= 0.6 is 0 Å². The SMILES string of the molecule is O=C(O)C=Cc1ccc(OCc2ccc(C(F)(F)F)cc2)cc1. The Balaban J connectivity index is 1.94. The van der Waals surface area contributed by atoms with Crippen LogP contribution in [0.3, 0.4) is 0 Å². The lowest BCUT2D eigenvalue weighted by molar-refractivity contribution is -0.137. The minimum atomic E-state index is -4.35. The second-order valence-corrected chi connectivity index (χ2v) is 4.72. The molecule has 0 spiro atoms. The summed E-state index contributed by atoms with van der Waals surface area (Å²) >= 11 is 0. The Hall–Kier alpha value is -2.76. The van der Waals surface area contributed by atoms with Crippen molar-refractivity contribution >= 4 is 12.0 Å². The molecule has 0 saturated carbocycles. The average molecular weight is 322 g/mol. The van der Waals surface area contributed by atoms with E-state index in [0.717, 1.165) is 18.2 Å². The van der Waals surface area contributed by atoms with Crippen molar-refractivity contribution in [1.29, 1.82) is 0 Å². The highest BCUT2D eigenvalue weighted by Gasteiger charge is 2.29.